The van der Waals surface area contributed by atoms with Crippen molar-refractivity contribution < 1.29 is 45.7 Å². The minimum atomic E-state index is -4.97. The van der Waals surface area contributed by atoms with Gasteiger partial charge >= 0.3 is 17.9 Å². The third-order valence-corrected chi connectivity index (χ3v) is 11.8. The SMILES string of the molecule is COC(=O)CC[C@@H](C)[C@H]1CC[C@H]2[C@@H]3[C@H](OS(=O)(=O)[O-])C[C@@H]4C[C@H](OC(C)=O)CC[C@]4(C)[C@H]3C[C@H](OC(C)=O)[C@]12C. The highest BCUT2D eigenvalue weighted by molar-refractivity contribution is 7.80. The lowest BCUT2D eigenvalue weighted by atomic mass is 9.43. The van der Waals surface area contributed by atoms with E-state index in [0.29, 0.717) is 38.5 Å². The molecule has 4 aliphatic carbocycles. The third kappa shape index (κ3) is 5.93. The van der Waals surface area contributed by atoms with E-state index in [2.05, 4.69) is 20.8 Å². The van der Waals surface area contributed by atoms with Crippen LogP contribution >= 0.6 is 0 Å². The first-order valence-electron chi connectivity index (χ1n) is 14.7. The van der Waals surface area contributed by atoms with Crippen LogP contribution < -0.4 is 0 Å². The van der Waals surface area contributed by atoms with Gasteiger partial charge in [-0.3, -0.25) is 18.6 Å². The summed E-state index contributed by atoms with van der Waals surface area (Å²) in [6.45, 7) is 9.28. The molecule has 0 amide bonds. The fraction of sp³-hybridized carbons (Fsp3) is 0.897. The Kier molecular flexibility index (Phi) is 8.99. The number of methoxy groups -OCH3 is 1. The maximum Gasteiger partial charge on any atom is 0.305 e. The molecule has 0 aromatic heterocycles. The smallest absolute Gasteiger partial charge is 0.305 e. The molecule has 11 heteroatoms. The molecular formula is C29H45O10S-. The Morgan fingerprint density at radius 1 is 0.975 bits per heavy atom. The molecule has 4 aliphatic rings. The van der Waals surface area contributed by atoms with Gasteiger partial charge in [0.15, 0.2) is 0 Å². The van der Waals surface area contributed by atoms with Crippen molar-refractivity contribution in [2.24, 2.45) is 46.3 Å². The summed E-state index contributed by atoms with van der Waals surface area (Å²) >= 11 is 0. The van der Waals surface area contributed by atoms with Crippen molar-refractivity contribution in [3.8, 4) is 0 Å². The number of fused-ring (bicyclic) bond motifs is 5. The summed E-state index contributed by atoms with van der Waals surface area (Å²) in [7, 11) is -3.59. The zero-order chi connectivity index (χ0) is 29.6. The van der Waals surface area contributed by atoms with Gasteiger partial charge < -0.3 is 18.8 Å². The molecule has 4 saturated carbocycles. The lowest BCUT2D eigenvalue weighted by molar-refractivity contribution is -0.215. The first-order valence-corrected chi connectivity index (χ1v) is 16.0. The Morgan fingerprint density at radius 2 is 1.65 bits per heavy atom. The van der Waals surface area contributed by atoms with Crippen LogP contribution in [0.4, 0.5) is 0 Å². The molecule has 10 nitrogen and oxygen atoms in total. The Balaban J connectivity index is 1.72. The summed E-state index contributed by atoms with van der Waals surface area (Å²) in [5.74, 6) is -1.00. The quantitative estimate of drug-likeness (QED) is 0.176. The zero-order valence-corrected chi connectivity index (χ0v) is 25.4. The average Bonchev–Trinajstić information content (AvgIpc) is 3.20. The van der Waals surface area contributed by atoms with Gasteiger partial charge in [-0.2, -0.15) is 0 Å². The van der Waals surface area contributed by atoms with Gasteiger partial charge in [-0.05, 0) is 92.3 Å². The maximum absolute atomic E-state index is 12.4. The van der Waals surface area contributed by atoms with Gasteiger partial charge in [0.25, 0.3) is 0 Å². The molecule has 0 aromatic rings. The molecule has 40 heavy (non-hydrogen) atoms. The first-order chi connectivity index (χ1) is 18.6. The number of ether oxygens (including phenoxy) is 3. The molecule has 4 fully saturated rings. The number of carbonyl (C=O) groups is 3. The molecule has 0 aliphatic heterocycles. The molecule has 0 radical (unpaired) electrons. The van der Waals surface area contributed by atoms with E-state index in [0.717, 1.165) is 19.3 Å². The van der Waals surface area contributed by atoms with Gasteiger partial charge in [-0.1, -0.05) is 20.8 Å². The van der Waals surface area contributed by atoms with Gasteiger partial charge in [0.05, 0.1) is 13.2 Å². The molecule has 0 spiro atoms. The Bertz CT molecular complexity index is 1090. The van der Waals surface area contributed by atoms with Gasteiger partial charge in [0.2, 0.25) is 10.4 Å². The standard InChI is InChI=1S/C29H46O10S/c1-16(7-10-26(32)36-6)21-8-9-22-27-23(15-25(29(21,22)5)38-18(3)31)28(4)12-11-20(37-17(2)30)13-19(28)14-24(27)39-40(33,34)35/h16,19-25,27H,7-15H2,1-6H3,(H,33,34,35)/p-1/t16-,19+,20-,21-,22+,23+,24-,25+,27+,28+,29-/m1/s1. The molecule has 0 unspecified atom stereocenters. The van der Waals surface area contributed by atoms with Crippen LogP contribution in [0, 0.1) is 46.3 Å². The lowest BCUT2D eigenvalue weighted by Gasteiger charge is -2.64. The number of esters is 3. The van der Waals surface area contributed by atoms with E-state index in [1.165, 1.54) is 21.0 Å². The highest BCUT2D eigenvalue weighted by atomic mass is 32.3. The second-order valence-electron chi connectivity index (χ2n) is 13.3. The maximum atomic E-state index is 12.4. The van der Waals surface area contributed by atoms with Crippen LogP contribution in [-0.2, 0) is 43.2 Å². The molecule has 0 N–H and O–H groups in total. The Hall–Kier alpha value is -1.72. The summed E-state index contributed by atoms with van der Waals surface area (Å²) in [6, 6.07) is 0. The highest BCUT2D eigenvalue weighted by Gasteiger charge is 2.67. The van der Waals surface area contributed by atoms with Gasteiger partial charge in [0.1, 0.15) is 12.2 Å². The van der Waals surface area contributed by atoms with Crippen molar-refractivity contribution >= 4 is 28.3 Å². The van der Waals surface area contributed by atoms with Crippen molar-refractivity contribution in [1.82, 2.24) is 0 Å². The van der Waals surface area contributed by atoms with E-state index >= 15 is 0 Å². The average molecular weight is 586 g/mol. The number of hydrogen-bond acceptors (Lipinski definition) is 10. The third-order valence-electron chi connectivity index (χ3n) is 11.4. The number of carbonyl (C=O) groups excluding carboxylic acids is 3. The topological polar surface area (TPSA) is 145 Å². The highest BCUT2D eigenvalue weighted by Crippen LogP contribution is 2.69. The van der Waals surface area contributed by atoms with Gasteiger partial charge in [-0.25, -0.2) is 8.42 Å². The molecule has 4 rings (SSSR count). The molecule has 0 aromatic carbocycles. The van der Waals surface area contributed by atoms with E-state index in [9.17, 15) is 27.4 Å². The van der Waals surface area contributed by atoms with Crippen LogP contribution in [0.25, 0.3) is 0 Å². The van der Waals surface area contributed by atoms with Crippen molar-refractivity contribution in [3.05, 3.63) is 0 Å². The fourth-order valence-electron chi connectivity index (χ4n) is 9.68. The van der Waals surface area contributed by atoms with E-state index in [-0.39, 0.29) is 64.9 Å². The van der Waals surface area contributed by atoms with Gasteiger partial charge in [-0.15, -0.1) is 0 Å². The minimum absolute atomic E-state index is 0.0166. The molecule has 228 valence electrons. The van der Waals surface area contributed by atoms with Crippen molar-refractivity contribution in [1.29, 1.82) is 0 Å². The normalized spacial score (nSPS) is 41.6. The van der Waals surface area contributed by atoms with Crippen LogP contribution in [-0.4, -0.2) is 56.3 Å². The van der Waals surface area contributed by atoms with Crippen LogP contribution in [0.3, 0.4) is 0 Å². The summed E-state index contributed by atoms with van der Waals surface area (Å²) in [6.07, 6.45) is 4.10. The molecule has 0 bridgehead atoms. The summed E-state index contributed by atoms with van der Waals surface area (Å²) in [5.41, 5.74) is -0.698. The van der Waals surface area contributed by atoms with Crippen molar-refractivity contribution in [3.63, 3.8) is 0 Å². The summed E-state index contributed by atoms with van der Waals surface area (Å²) in [5, 5.41) is 0. The minimum Gasteiger partial charge on any atom is -0.726 e. The summed E-state index contributed by atoms with van der Waals surface area (Å²) < 4.78 is 57.8. The van der Waals surface area contributed by atoms with Crippen LogP contribution in [0.5, 0.6) is 0 Å². The zero-order valence-electron chi connectivity index (χ0n) is 24.6. The first kappa shape index (κ1) is 31.2. The largest absolute Gasteiger partial charge is 0.726 e. The van der Waals surface area contributed by atoms with E-state index in [1.54, 1.807) is 0 Å². The van der Waals surface area contributed by atoms with E-state index in [1.807, 2.05) is 0 Å². The van der Waals surface area contributed by atoms with Crippen molar-refractivity contribution in [2.75, 3.05) is 7.11 Å². The molecule has 0 heterocycles. The van der Waals surface area contributed by atoms with Crippen LogP contribution in [0.15, 0.2) is 0 Å². The second-order valence-corrected chi connectivity index (χ2v) is 14.3. The number of rotatable bonds is 8. The van der Waals surface area contributed by atoms with E-state index < -0.39 is 28.0 Å². The van der Waals surface area contributed by atoms with E-state index in [4.69, 9.17) is 18.4 Å². The Morgan fingerprint density at radius 3 is 2.25 bits per heavy atom. The van der Waals surface area contributed by atoms with Crippen LogP contribution in [0.1, 0.15) is 92.4 Å². The van der Waals surface area contributed by atoms with Crippen molar-refractivity contribution in [2.45, 2.75) is 111 Å². The fourth-order valence-corrected chi connectivity index (χ4v) is 10.2. The number of hydrogen-bond donors (Lipinski definition) is 0. The van der Waals surface area contributed by atoms with Gasteiger partial charge in [0, 0.05) is 25.7 Å². The second kappa shape index (κ2) is 11.5. The monoisotopic (exact) mass is 585 g/mol. The molecule has 0 saturated heterocycles. The predicted molar refractivity (Wildman–Crippen MR) is 142 cm³/mol. The molecular weight excluding hydrogens is 540 g/mol. The van der Waals surface area contributed by atoms with Crippen LogP contribution in [0.2, 0.25) is 0 Å². The summed E-state index contributed by atoms with van der Waals surface area (Å²) in [4.78, 5) is 36.0. The molecule has 11 atom stereocenters. The lowest BCUT2D eigenvalue weighted by Crippen LogP contribution is -2.63. The Labute approximate surface area is 238 Å². The predicted octanol–water partition coefficient (Wildman–Crippen LogP) is 4.16.